The van der Waals surface area contributed by atoms with Gasteiger partial charge in [0, 0.05) is 11.5 Å². The molecule has 2 unspecified atom stereocenters. The maximum absolute atomic E-state index is 10.5. The van der Waals surface area contributed by atoms with Gasteiger partial charge in [0.2, 0.25) is 0 Å². The van der Waals surface area contributed by atoms with Crippen molar-refractivity contribution in [3.8, 4) is 5.75 Å². The Hall–Kier alpha value is -1.28. The number of allylic oxidation sites excluding steroid dienone is 1. The molecule has 0 saturated carbocycles. The van der Waals surface area contributed by atoms with Crippen molar-refractivity contribution in [1.29, 1.82) is 0 Å². The monoisotopic (exact) mass is 230 g/mol. The van der Waals surface area contributed by atoms with E-state index in [0.29, 0.717) is 6.61 Å². The summed E-state index contributed by atoms with van der Waals surface area (Å²) in [7, 11) is 0. The molecule has 1 N–H and O–H groups in total. The topological polar surface area (TPSA) is 29.5 Å². The van der Waals surface area contributed by atoms with E-state index in [9.17, 15) is 5.11 Å². The van der Waals surface area contributed by atoms with E-state index in [1.165, 1.54) is 17.6 Å². The minimum atomic E-state index is -0.317. The highest BCUT2D eigenvalue weighted by atomic mass is 16.5. The molecule has 2 atom stereocenters. The Bertz CT molecular complexity index is 436. The van der Waals surface area contributed by atoms with Crippen molar-refractivity contribution in [3.05, 3.63) is 41.5 Å². The van der Waals surface area contributed by atoms with E-state index >= 15 is 0 Å². The van der Waals surface area contributed by atoms with E-state index < -0.39 is 0 Å². The van der Waals surface area contributed by atoms with Crippen LogP contribution >= 0.6 is 0 Å². The lowest BCUT2D eigenvalue weighted by Crippen LogP contribution is -2.26. The van der Waals surface area contributed by atoms with Gasteiger partial charge < -0.3 is 9.84 Å². The second-order valence-electron chi connectivity index (χ2n) is 4.90. The number of hydrogen-bond acceptors (Lipinski definition) is 2. The van der Waals surface area contributed by atoms with Crippen molar-refractivity contribution >= 4 is 0 Å². The van der Waals surface area contributed by atoms with E-state index in [2.05, 4.69) is 12.1 Å². The minimum absolute atomic E-state index is 0.212. The van der Waals surface area contributed by atoms with Gasteiger partial charge in [0.05, 0.1) is 12.7 Å². The average Bonchev–Trinajstić information content (AvgIpc) is 2.91. The Morgan fingerprint density at radius 3 is 3.00 bits per heavy atom. The van der Waals surface area contributed by atoms with Crippen molar-refractivity contribution < 1.29 is 9.84 Å². The summed E-state index contributed by atoms with van der Waals surface area (Å²) in [6, 6.07) is 8.09. The molecule has 0 amide bonds. The predicted molar refractivity (Wildman–Crippen MR) is 67.2 cm³/mol. The number of para-hydroxylation sites is 1. The first kappa shape index (κ1) is 10.8. The Kier molecular flexibility index (Phi) is 2.89. The molecule has 90 valence electrons. The summed E-state index contributed by atoms with van der Waals surface area (Å²) in [5.41, 5.74) is 2.39. The molecule has 0 saturated heterocycles. The van der Waals surface area contributed by atoms with Crippen LogP contribution in [0.15, 0.2) is 35.9 Å². The van der Waals surface area contributed by atoms with Crippen LogP contribution in [-0.2, 0) is 0 Å². The summed E-state index contributed by atoms with van der Waals surface area (Å²) in [6.45, 7) is 0.714. The molecule has 1 aromatic carbocycles. The highest BCUT2D eigenvalue weighted by Crippen LogP contribution is 2.39. The lowest BCUT2D eigenvalue weighted by atomic mass is 9.84. The molecule has 1 aliphatic carbocycles. The number of hydrogen-bond donors (Lipinski definition) is 1. The van der Waals surface area contributed by atoms with Crippen LogP contribution in [-0.4, -0.2) is 17.8 Å². The van der Waals surface area contributed by atoms with E-state index in [1.807, 2.05) is 18.2 Å². The van der Waals surface area contributed by atoms with Gasteiger partial charge in [0.25, 0.3) is 0 Å². The van der Waals surface area contributed by atoms with Crippen molar-refractivity contribution in [3.63, 3.8) is 0 Å². The minimum Gasteiger partial charge on any atom is -0.493 e. The SMILES string of the molecule is OC(C1=CCCC1)C1CCOc2ccccc21. The van der Waals surface area contributed by atoms with Crippen LogP contribution < -0.4 is 4.74 Å². The van der Waals surface area contributed by atoms with E-state index in [-0.39, 0.29) is 12.0 Å². The highest BCUT2D eigenvalue weighted by molar-refractivity contribution is 5.40. The van der Waals surface area contributed by atoms with Crippen molar-refractivity contribution in [1.82, 2.24) is 0 Å². The van der Waals surface area contributed by atoms with Crippen LogP contribution in [0.25, 0.3) is 0 Å². The van der Waals surface area contributed by atoms with Gasteiger partial charge >= 0.3 is 0 Å². The molecule has 2 heteroatoms. The summed E-state index contributed by atoms with van der Waals surface area (Å²) in [5, 5.41) is 10.5. The van der Waals surface area contributed by atoms with Gasteiger partial charge in [0.1, 0.15) is 5.75 Å². The lowest BCUT2D eigenvalue weighted by molar-refractivity contribution is 0.142. The quantitative estimate of drug-likeness (QED) is 0.791. The second kappa shape index (κ2) is 4.53. The summed E-state index contributed by atoms with van der Waals surface area (Å²) in [4.78, 5) is 0. The first-order valence-electron chi connectivity index (χ1n) is 6.45. The molecule has 2 nitrogen and oxygen atoms in total. The average molecular weight is 230 g/mol. The molecular formula is C15H18O2. The third kappa shape index (κ3) is 1.98. The molecule has 1 heterocycles. The smallest absolute Gasteiger partial charge is 0.122 e. The fraction of sp³-hybridized carbons (Fsp3) is 0.467. The van der Waals surface area contributed by atoms with E-state index in [0.717, 1.165) is 25.0 Å². The first-order chi connectivity index (χ1) is 8.36. The summed E-state index contributed by atoms with van der Waals surface area (Å²) in [5.74, 6) is 1.16. The number of aliphatic hydroxyl groups is 1. The van der Waals surface area contributed by atoms with Crippen molar-refractivity contribution in [2.24, 2.45) is 0 Å². The van der Waals surface area contributed by atoms with Gasteiger partial charge in [-0.2, -0.15) is 0 Å². The van der Waals surface area contributed by atoms with Crippen LogP contribution in [0.5, 0.6) is 5.75 Å². The fourth-order valence-electron chi connectivity index (χ4n) is 2.92. The predicted octanol–water partition coefficient (Wildman–Crippen LogP) is 3.02. The Morgan fingerprint density at radius 1 is 1.29 bits per heavy atom. The summed E-state index contributed by atoms with van der Waals surface area (Å²) in [6.07, 6.45) is 6.18. The van der Waals surface area contributed by atoms with Gasteiger partial charge in [-0.1, -0.05) is 24.3 Å². The standard InChI is InChI=1S/C15H18O2/c16-15(11-5-1-2-6-11)13-9-10-17-14-8-4-3-7-12(13)14/h3-5,7-8,13,15-16H,1-2,6,9-10H2. The molecular weight excluding hydrogens is 212 g/mol. The molecule has 0 bridgehead atoms. The molecule has 0 spiro atoms. The number of fused-ring (bicyclic) bond motifs is 1. The Morgan fingerprint density at radius 2 is 2.18 bits per heavy atom. The molecule has 2 aliphatic rings. The van der Waals surface area contributed by atoms with Crippen molar-refractivity contribution in [2.75, 3.05) is 6.61 Å². The van der Waals surface area contributed by atoms with Crippen LogP contribution in [0.1, 0.15) is 37.2 Å². The van der Waals surface area contributed by atoms with Crippen LogP contribution in [0.3, 0.4) is 0 Å². The molecule has 0 aromatic heterocycles. The van der Waals surface area contributed by atoms with Gasteiger partial charge in [-0.3, -0.25) is 0 Å². The zero-order valence-electron chi connectivity index (χ0n) is 9.93. The zero-order valence-corrected chi connectivity index (χ0v) is 9.93. The Balaban J connectivity index is 1.89. The number of benzene rings is 1. The maximum atomic E-state index is 10.5. The normalized spacial score (nSPS) is 24.8. The first-order valence-corrected chi connectivity index (χ1v) is 6.45. The van der Waals surface area contributed by atoms with Gasteiger partial charge in [0.15, 0.2) is 0 Å². The molecule has 1 aliphatic heterocycles. The third-order valence-electron chi connectivity index (χ3n) is 3.84. The fourth-order valence-corrected chi connectivity index (χ4v) is 2.92. The number of ether oxygens (including phenoxy) is 1. The summed E-state index contributed by atoms with van der Waals surface area (Å²) < 4.78 is 5.64. The summed E-state index contributed by atoms with van der Waals surface area (Å²) >= 11 is 0. The lowest BCUT2D eigenvalue weighted by Gasteiger charge is -2.30. The Labute approximate surface area is 102 Å². The van der Waals surface area contributed by atoms with Crippen LogP contribution in [0.2, 0.25) is 0 Å². The third-order valence-corrected chi connectivity index (χ3v) is 3.84. The van der Waals surface area contributed by atoms with Crippen molar-refractivity contribution in [2.45, 2.75) is 37.7 Å². The van der Waals surface area contributed by atoms with Gasteiger partial charge in [-0.25, -0.2) is 0 Å². The largest absolute Gasteiger partial charge is 0.493 e. The van der Waals surface area contributed by atoms with Crippen LogP contribution in [0.4, 0.5) is 0 Å². The van der Waals surface area contributed by atoms with Gasteiger partial charge in [-0.15, -0.1) is 0 Å². The number of aliphatic hydroxyl groups excluding tert-OH is 1. The second-order valence-corrected chi connectivity index (χ2v) is 4.90. The number of rotatable bonds is 2. The molecule has 1 aromatic rings. The van der Waals surface area contributed by atoms with Crippen LogP contribution in [0, 0.1) is 0 Å². The van der Waals surface area contributed by atoms with Gasteiger partial charge in [-0.05, 0) is 37.3 Å². The molecule has 0 radical (unpaired) electrons. The van der Waals surface area contributed by atoms with E-state index in [4.69, 9.17) is 4.74 Å². The maximum Gasteiger partial charge on any atom is 0.122 e. The molecule has 3 rings (SSSR count). The molecule has 17 heavy (non-hydrogen) atoms. The molecule has 0 fully saturated rings. The zero-order chi connectivity index (χ0) is 11.7. The van der Waals surface area contributed by atoms with E-state index in [1.54, 1.807) is 0 Å². The highest BCUT2D eigenvalue weighted by Gasteiger charge is 2.30.